The topological polar surface area (TPSA) is 9.23 Å². The molecule has 3 aliphatic rings. The highest BCUT2D eigenvalue weighted by Crippen LogP contribution is 2.63. The molecule has 0 radical (unpaired) electrons. The molecule has 1 nitrogen and oxygen atoms in total. The molecule has 8 aromatic carbocycles. The summed E-state index contributed by atoms with van der Waals surface area (Å²) in [6.07, 6.45) is 0. The number of rotatable bonds is 2. The van der Waals surface area contributed by atoms with Crippen LogP contribution in [0, 0.1) is 0 Å². The summed E-state index contributed by atoms with van der Waals surface area (Å²) in [5.41, 5.74) is 17.7. The van der Waals surface area contributed by atoms with E-state index < -0.39 is 0 Å². The molecule has 222 valence electrons. The predicted molar refractivity (Wildman–Crippen MR) is 197 cm³/mol. The first kappa shape index (κ1) is 25.9. The lowest BCUT2D eigenvalue weighted by atomic mass is 9.70. The molecule has 48 heavy (non-hydrogen) atoms. The van der Waals surface area contributed by atoms with Gasteiger partial charge in [-0.3, -0.25) is 0 Å². The third kappa shape index (κ3) is 3.25. The molecule has 0 unspecified atom stereocenters. The van der Waals surface area contributed by atoms with Crippen molar-refractivity contribution in [2.45, 2.75) is 5.41 Å². The zero-order chi connectivity index (χ0) is 31.4. The van der Waals surface area contributed by atoms with Gasteiger partial charge in [-0.1, -0.05) is 146 Å². The first-order valence-electron chi connectivity index (χ1n) is 16.7. The van der Waals surface area contributed by atoms with Crippen molar-refractivity contribution in [3.63, 3.8) is 0 Å². The molecule has 0 bridgehead atoms. The van der Waals surface area contributed by atoms with Gasteiger partial charge in [0.15, 0.2) is 0 Å². The van der Waals surface area contributed by atoms with Crippen LogP contribution in [0.5, 0.6) is 11.5 Å². The Hall–Kier alpha value is -6.18. The number of para-hydroxylation sites is 1. The van der Waals surface area contributed by atoms with Crippen LogP contribution in [0.15, 0.2) is 170 Å². The zero-order valence-electron chi connectivity index (χ0n) is 26.1. The highest BCUT2D eigenvalue weighted by molar-refractivity contribution is 6.10. The fourth-order valence-corrected chi connectivity index (χ4v) is 8.97. The lowest BCUT2D eigenvalue weighted by molar-refractivity contribution is 0.487. The number of fused-ring (bicyclic) bond motifs is 12. The van der Waals surface area contributed by atoms with Gasteiger partial charge in [0.25, 0.3) is 0 Å². The highest BCUT2D eigenvalue weighted by Gasteiger charge is 2.51. The van der Waals surface area contributed by atoms with Gasteiger partial charge in [-0.05, 0) is 102 Å². The Morgan fingerprint density at radius 3 is 1.58 bits per heavy atom. The van der Waals surface area contributed by atoms with Crippen molar-refractivity contribution < 1.29 is 4.74 Å². The summed E-state index contributed by atoms with van der Waals surface area (Å²) in [5.74, 6) is 1.83. The summed E-state index contributed by atoms with van der Waals surface area (Å²) in [6.45, 7) is 0. The Morgan fingerprint density at radius 2 is 0.854 bits per heavy atom. The van der Waals surface area contributed by atoms with Crippen molar-refractivity contribution in [2.75, 3.05) is 0 Å². The molecule has 0 amide bonds. The molecule has 8 aromatic rings. The average Bonchev–Trinajstić information content (AvgIpc) is 3.62. The van der Waals surface area contributed by atoms with E-state index in [4.69, 9.17) is 4.74 Å². The number of hydrogen-bond donors (Lipinski definition) is 0. The van der Waals surface area contributed by atoms with E-state index in [2.05, 4.69) is 164 Å². The van der Waals surface area contributed by atoms with E-state index in [1.54, 1.807) is 0 Å². The molecule has 0 saturated carbocycles. The number of ether oxygens (including phenoxy) is 1. The first-order valence-corrected chi connectivity index (χ1v) is 16.7. The fraction of sp³-hybridized carbons (Fsp3) is 0.0213. The van der Waals surface area contributed by atoms with E-state index in [1.165, 1.54) is 83.1 Å². The van der Waals surface area contributed by atoms with Crippen LogP contribution in [0.3, 0.4) is 0 Å². The van der Waals surface area contributed by atoms with Crippen molar-refractivity contribution in [3.05, 3.63) is 192 Å². The Balaban J connectivity index is 1.11. The van der Waals surface area contributed by atoms with Crippen LogP contribution in [0.25, 0.3) is 66.4 Å². The molecular formula is C47H28O. The molecule has 1 heterocycles. The molecule has 0 atom stereocenters. The minimum absolute atomic E-state index is 0.348. The summed E-state index contributed by atoms with van der Waals surface area (Å²) in [4.78, 5) is 0. The maximum Gasteiger partial charge on any atom is 0.135 e. The van der Waals surface area contributed by atoms with Crippen LogP contribution < -0.4 is 4.74 Å². The monoisotopic (exact) mass is 608 g/mol. The van der Waals surface area contributed by atoms with Crippen LogP contribution in [0.1, 0.15) is 22.3 Å². The van der Waals surface area contributed by atoms with Crippen LogP contribution in [-0.2, 0) is 5.41 Å². The molecule has 1 aliphatic heterocycles. The van der Waals surface area contributed by atoms with E-state index in [1.807, 2.05) is 6.07 Å². The fourth-order valence-electron chi connectivity index (χ4n) is 8.97. The van der Waals surface area contributed by atoms with Gasteiger partial charge >= 0.3 is 0 Å². The van der Waals surface area contributed by atoms with E-state index in [9.17, 15) is 0 Å². The quantitative estimate of drug-likeness (QED) is 0.190. The Labute approximate surface area is 279 Å². The summed E-state index contributed by atoms with van der Waals surface area (Å²) in [6, 6.07) is 62.5. The average molecular weight is 609 g/mol. The predicted octanol–water partition coefficient (Wildman–Crippen LogP) is 12.3. The SMILES string of the molecule is c1cc(-c2ccc3c(c2)C2(c4ccccc4-c4ccccc42)c2ccccc2-3)cc(-c2ccc3c4c(cccc24)-c2ccccc2O3)c1. The minimum Gasteiger partial charge on any atom is -0.456 e. The van der Waals surface area contributed by atoms with Crippen molar-refractivity contribution >= 4 is 10.8 Å². The summed E-state index contributed by atoms with van der Waals surface area (Å²) >= 11 is 0. The van der Waals surface area contributed by atoms with E-state index >= 15 is 0 Å². The van der Waals surface area contributed by atoms with E-state index in [0.717, 1.165) is 17.1 Å². The normalized spacial score (nSPS) is 13.8. The Kier molecular flexibility index (Phi) is 5.10. The molecule has 0 N–H and O–H groups in total. The molecule has 2 aliphatic carbocycles. The maximum absolute atomic E-state index is 6.40. The molecule has 0 saturated heterocycles. The van der Waals surface area contributed by atoms with Gasteiger partial charge in [0.1, 0.15) is 11.5 Å². The second kappa shape index (κ2) is 9.44. The van der Waals surface area contributed by atoms with Gasteiger partial charge in [0.05, 0.1) is 5.41 Å². The van der Waals surface area contributed by atoms with Crippen LogP contribution in [0.2, 0.25) is 0 Å². The van der Waals surface area contributed by atoms with Gasteiger partial charge in [0.2, 0.25) is 0 Å². The van der Waals surface area contributed by atoms with Gasteiger partial charge in [-0.2, -0.15) is 0 Å². The van der Waals surface area contributed by atoms with E-state index in [0.29, 0.717) is 0 Å². The first-order chi connectivity index (χ1) is 23.8. The minimum atomic E-state index is -0.348. The molecular weight excluding hydrogens is 581 g/mol. The largest absolute Gasteiger partial charge is 0.456 e. The van der Waals surface area contributed by atoms with Crippen LogP contribution >= 0.6 is 0 Å². The standard InChI is InChI=1S/C47H28O/c1-5-19-40-33(13-1)34-14-2-6-20-41(34)47(40)42-21-7-3-15-35(42)36-24-23-30(28-43(36)47)29-11-9-12-31(27-29)32-25-26-45-46-38(32)17-10-18-39(46)37-16-4-8-22-44(37)48-45/h1-28H. The molecule has 0 aromatic heterocycles. The Bertz CT molecular complexity index is 2600. The smallest absolute Gasteiger partial charge is 0.135 e. The van der Waals surface area contributed by atoms with Crippen LogP contribution in [-0.4, -0.2) is 0 Å². The van der Waals surface area contributed by atoms with Crippen molar-refractivity contribution in [1.29, 1.82) is 0 Å². The Morgan fingerprint density at radius 1 is 0.312 bits per heavy atom. The molecule has 1 heteroatoms. The van der Waals surface area contributed by atoms with Crippen molar-refractivity contribution in [2.24, 2.45) is 0 Å². The third-order valence-corrected chi connectivity index (χ3v) is 10.9. The molecule has 1 spiro atoms. The highest BCUT2D eigenvalue weighted by atomic mass is 16.5. The molecule has 0 fully saturated rings. The second-order valence-corrected chi connectivity index (χ2v) is 13.2. The summed E-state index contributed by atoms with van der Waals surface area (Å²) in [5, 5.41) is 2.38. The lowest BCUT2D eigenvalue weighted by Crippen LogP contribution is -2.25. The lowest BCUT2D eigenvalue weighted by Gasteiger charge is -2.30. The van der Waals surface area contributed by atoms with Crippen molar-refractivity contribution in [3.8, 4) is 67.1 Å². The summed E-state index contributed by atoms with van der Waals surface area (Å²) < 4.78 is 6.40. The van der Waals surface area contributed by atoms with E-state index in [-0.39, 0.29) is 5.41 Å². The molecule has 11 rings (SSSR count). The number of hydrogen-bond acceptors (Lipinski definition) is 1. The third-order valence-electron chi connectivity index (χ3n) is 10.9. The second-order valence-electron chi connectivity index (χ2n) is 13.2. The van der Waals surface area contributed by atoms with Gasteiger partial charge < -0.3 is 4.74 Å². The summed E-state index contributed by atoms with van der Waals surface area (Å²) in [7, 11) is 0. The van der Waals surface area contributed by atoms with Crippen LogP contribution in [0.4, 0.5) is 0 Å². The van der Waals surface area contributed by atoms with Crippen molar-refractivity contribution in [1.82, 2.24) is 0 Å². The number of benzene rings is 8. The van der Waals surface area contributed by atoms with Gasteiger partial charge in [-0.15, -0.1) is 0 Å². The zero-order valence-corrected chi connectivity index (χ0v) is 26.1. The van der Waals surface area contributed by atoms with Gasteiger partial charge in [-0.25, -0.2) is 0 Å². The van der Waals surface area contributed by atoms with Gasteiger partial charge in [0, 0.05) is 10.9 Å². The maximum atomic E-state index is 6.40.